The average molecular weight is 466 g/mol. The topological polar surface area (TPSA) is 85.7 Å². The lowest BCUT2D eigenvalue weighted by Gasteiger charge is -2.19. The summed E-state index contributed by atoms with van der Waals surface area (Å²) in [7, 11) is 1.57. The van der Waals surface area contributed by atoms with E-state index in [1.807, 2.05) is 13.0 Å². The summed E-state index contributed by atoms with van der Waals surface area (Å²) in [5.41, 5.74) is -2.44. The van der Waals surface area contributed by atoms with Gasteiger partial charge in [-0.2, -0.15) is 18.4 Å². The van der Waals surface area contributed by atoms with Crippen molar-refractivity contribution in [1.82, 2.24) is 19.1 Å². The van der Waals surface area contributed by atoms with E-state index in [2.05, 4.69) is 9.97 Å². The first-order valence-electron chi connectivity index (χ1n) is 9.84. The molecule has 11 heteroatoms. The smallest absolute Gasteiger partial charge is 0.431 e. The number of aromatic nitrogens is 4. The Kier molecular flexibility index (Phi) is 6.29. The zero-order chi connectivity index (χ0) is 23.8. The van der Waals surface area contributed by atoms with E-state index in [4.69, 9.17) is 4.74 Å². The molecule has 0 spiro atoms. The number of thioether (sulfide) groups is 1. The molecule has 0 aromatic carbocycles. The number of alkyl halides is 3. The van der Waals surface area contributed by atoms with Gasteiger partial charge in [0, 0.05) is 18.5 Å². The number of ether oxygens (including phenoxy) is 1. The number of imidazole rings is 1. The van der Waals surface area contributed by atoms with Gasteiger partial charge in [0.15, 0.2) is 11.4 Å². The van der Waals surface area contributed by atoms with Crippen LogP contribution in [0.2, 0.25) is 0 Å². The lowest BCUT2D eigenvalue weighted by atomic mass is 10.2. The molecule has 0 aliphatic rings. The van der Waals surface area contributed by atoms with Crippen LogP contribution < -0.4 is 10.3 Å². The minimum atomic E-state index is -4.69. The largest absolute Gasteiger partial charge is 0.471 e. The van der Waals surface area contributed by atoms with Gasteiger partial charge in [-0.1, -0.05) is 6.92 Å². The van der Waals surface area contributed by atoms with E-state index >= 15 is 0 Å². The fraction of sp³-hybridized carbons (Fsp3) is 0.429. The van der Waals surface area contributed by atoms with Gasteiger partial charge in [-0.25, -0.2) is 9.97 Å². The van der Waals surface area contributed by atoms with Crippen molar-refractivity contribution < 1.29 is 17.9 Å². The predicted octanol–water partition coefficient (Wildman–Crippen LogP) is 4.63. The highest BCUT2D eigenvalue weighted by Gasteiger charge is 2.36. The molecule has 3 heterocycles. The fourth-order valence-electron chi connectivity index (χ4n) is 3.31. The van der Waals surface area contributed by atoms with Gasteiger partial charge >= 0.3 is 6.18 Å². The number of halogens is 3. The van der Waals surface area contributed by atoms with E-state index in [9.17, 15) is 23.2 Å². The van der Waals surface area contributed by atoms with Crippen molar-refractivity contribution in [3.63, 3.8) is 0 Å². The maximum atomic E-state index is 13.5. The van der Waals surface area contributed by atoms with Crippen molar-refractivity contribution in [3.05, 3.63) is 34.4 Å². The second-order valence-electron chi connectivity index (χ2n) is 7.48. The van der Waals surface area contributed by atoms with Crippen molar-refractivity contribution in [3.8, 4) is 23.3 Å². The summed E-state index contributed by atoms with van der Waals surface area (Å²) >= 11 is 1.44. The van der Waals surface area contributed by atoms with E-state index in [1.165, 1.54) is 29.4 Å². The molecule has 32 heavy (non-hydrogen) atoms. The molecule has 3 aromatic rings. The minimum absolute atomic E-state index is 0.0512. The third-order valence-corrected chi connectivity index (χ3v) is 5.63. The Bertz CT molecular complexity index is 1270. The lowest BCUT2D eigenvalue weighted by Crippen LogP contribution is -2.28. The molecule has 0 aliphatic carbocycles. The Morgan fingerprint density at radius 1 is 1.25 bits per heavy atom. The number of hydrogen-bond acceptors (Lipinski definition) is 6. The SMILES string of the molecule is CCSc1cc(OC(C)(C)C#N)cnc1-c1nc2cc(C(F)(F)F)n(CC)c(=O)c2n1C. The number of hydrogen-bond donors (Lipinski definition) is 0. The number of nitrogens with zero attached hydrogens (tertiary/aromatic N) is 5. The van der Waals surface area contributed by atoms with Crippen LogP contribution in [0.4, 0.5) is 13.2 Å². The standard InChI is InChI=1S/C21H22F3N5O2S/c1-6-29-15(21(22,23)24)9-13-17(19(29)30)28(5)18(27-13)16-14(32-7-2)8-12(10-26-16)31-20(3,4)11-25/h8-10H,6-7H2,1-5H3. The lowest BCUT2D eigenvalue weighted by molar-refractivity contribution is -0.144. The molecular formula is C21H22F3N5O2S. The zero-order valence-electron chi connectivity index (χ0n) is 18.2. The van der Waals surface area contributed by atoms with Crippen LogP contribution in [-0.2, 0) is 19.8 Å². The molecule has 0 fully saturated rings. The summed E-state index contributed by atoms with van der Waals surface area (Å²) in [5, 5.41) is 9.20. The van der Waals surface area contributed by atoms with Crippen molar-refractivity contribution >= 4 is 22.8 Å². The first-order valence-corrected chi connectivity index (χ1v) is 10.8. The highest BCUT2D eigenvalue weighted by Crippen LogP contribution is 2.35. The Balaban J connectivity index is 2.24. The molecule has 0 unspecified atom stereocenters. The van der Waals surface area contributed by atoms with Crippen LogP contribution in [0, 0.1) is 11.3 Å². The molecule has 170 valence electrons. The van der Waals surface area contributed by atoms with Gasteiger partial charge in [0.2, 0.25) is 0 Å². The summed E-state index contributed by atoms with van der Waals surface area (Å²) < 4.78 is 48.3. The van der Waals surface area contributed by atoms with Gasteiger partial charge in [-0.05, 0) is 38.7 Å². The third-order valence-electron chi connectivity index (χ3n) is 4.72. The highest BCUT2D eigenvalue weighted by molar-refractivity contribution is 7.99. The molecular weight excluding hydrogens is 443 g/mol. The summed E-state index contributed by atoms with van der Waals surface area (Å²) in [6, 6.07) is 4.65. The number of aryl methyl sites for hydroxylation is 1. The molecule has 7 nitrogen and oxygen atoms in total. The molecule has 3 aromatic heterocycles. The van der Waals surface area contributed by atoms with Crippen LogP contribution in [0.15, 0.2) is 28.0 Å². The maximum absolute atomic E-state index is 13.5. The Morgan fingerprint density at radius 2 is 1.94 bits per heavy atom. The summed E-state index contributed by atoms with van der Waals surface area (Å²) in [6.45, 7) is 6.54. The van der Waals surface area contributed by atoms with Crippen molar-refractivity contribution in [2.75, 3.05) is 5.75 Å². The number of rotatable bonds is 6. The third kappa shape index (κ3) is 4.32. The van der Waals surface area contributed by atoms with Crippen LogP contribution in [0.5, 0.6) is 5.75 Å². The van der Waals surface area contributed by atoms with Gasteiger partial charge in [0.05, 0.1) is 11.7 Å². The normalized spacial score (nSPS) is 12.2. The maximum Gasteiger partial charge on any atom is 0.431 e. The zero-order valence-corrected chi connectivity index (χ0v) is 19.1. The van der Waals surface area contributed by atoms with Gasteiger partial charge in [-0.15, -0.1) is 11.8 Å². The summed E-state index contributed by atoms with van der Waals surface area (Å²) in [6.07, 6.45) is -3.26. The summed E-state index contributed by atoms with van der Waals surface area (Å²) in [4.78, 5) is 22.3. The van der Waals surface area contributed by atoms with Crippen LogP contribution in [0.3, 0.4) is 0 Å². The first-order chi connectivity index (χ1) is 14.9. The molecule has 0 atom stereocenters. The van der Waals surface area contributed by atoms with Crippen LogP contribution in [-0.4, -0.2) is 30.5 Å². The van der Waals surface area contributed by atoms with E-state index < -0.39 is 23.0 Å². The molecule has 0 aliphatic heterocycles. The van der Waals surface area contributed by atoms with E-state index in [0.29, 0.717) is 26.7 Å². The van der Waals surface area contributed by atoms with Crippen LogP contribution in [0.1, 0.15) is 33.4 Å². The van der Waals surface area contributed by atoms with E-state index in [0.717, 1.165) is 6.07 Å². The molecule has 0 radical (unpaired) electrons. The first kappa shape index (κ1) is 23.7. The molecule has 0 saturated carbocycles. The quantitative estimate of drug-likeness (QED) is 0.494. The van der Waals surface area contributed by atoms with Gasteiger partial charge < -0.3 is 13.9 Å². The molecule has 0 bridgehead atoms. The monoisotopic (exact) mass is 465 g/mol. The number of pyridine rings is 2. The predicted molar refractivity (Wildman–Crippen MR) is 116 cm³/mol. The Hall–Kier alpha value is -3.00. The van der Waals surface area contributed by atoms with Gasteiger partial charge in [-0.3, -0.25) is 4.79 Å². The molecule has 0 saturated heterocycles. The second-order valence-corrected chi connectivity index (χ2v) is 8.79. The average Bonchev–Trinajstić information content (AvgIpc) is 3.04. The van der Waals surface area contributed by atoms with Crippen molar-refractivity contribution in [2.24, 2.45) is 7.05 Å². The van der Waals surface area contributed by atoms with Crippen LogP contribution in [0.25, 0.3) is 22.6 Å². The Morgan fingerprint density at radius 3 is 2.50 bits per heavy atom. The fourth-order valence-corrected chi connectivity index (χ4v) is 4.10. The Labute approximate surface area is 186 Å². The van der Waals surface area contributed by atoms with Gasteiger partial charge in [0.25, 0.3) is 5.56 Å². The van der Waals surface area contributed by atoms with E-state index in [-0.39, 0.29) is 23.4 Å². The van der Waals surface area contributed by atoms with Gasteiger partial charge in [0.1, 0.15) is 28.7 Å². The number of nitriles is 1. The van der Waals surface area contributed by atoms with Crippen molar-refractivity contribution in [2.45, 2.75) is 50.9 Å². The molecule has 0 amide bonds. The highest BCUT2D eigenvalue weighted by atomic mass is 32.2. The van der Waals surface area contributed by atoms with Crippen molar-refractivity contribution in [1.29, 1.82) is 5.26 Å². The van der Waals surface area contributed by atoms with E-state index in [1.54, 1.807) is 27.0 Å². The summed E-state index contributed by atoms with van der Waals surface area (Å²) in [5.74, 6) is 1.33. The van der Waals surface area contributed by atoms with Crippen LogP contribution >= 0.6 is 11.8 Å². The molecule has 3 rings (SSSR count). The minimum Gasteiger partial charge on any atom is -0.471 e. The second kappa shape index (κ2) is 8.50. The number of fused-ring (bicyclic) bond motifs is 1. The molecule has 0 N–H and O–H groups in total.